The van der Waals surface area contributed by atoms with Crippen molar-refractivity contribution in [1.82, 2.24) is 34.8 Å². The molecule has 5 rings (SSSR count). The highest BCUT2D eigenvalue weighted by Gasteiger charge is 2.15. The zero-order chi connectivity index (χ0) is 25.2. The highest BCUT2D eigenvalue weighted by molar-refractivity contribution is 5.92. The van der Waals surface area contributed by atoms with Gasteiger partial charge in [0.05, 0.1) is 25.5 Å². The second-order valence-corrected chi connectivity index (χ2v) is 8.69. The minimum absolute atomic E-state index is 0.122. The van der Waals surface area contributed by atoms with Gasteiger partial charge in [0.1, 0.15) is 11.6 Å². The lowest BCUT2D eigenvalue weighted by Crippen LogP contribution is -2.24. The van der Waals surface area contributed by atoms with Gasteiger partial charge in [-0.25, -0.2) is 19.0 Å². The molecule has 0 fully saturated rings. The van der Waals surface area contributed by atoms with E-state index in [9.17, 15) is 9.18 Å². The van der Waals surface area contributed by atoms with E-state index >= 15 is 0 Å². The highest BCUT2D eigenvalue weighted by Crippen LogP contribution is 2.23. The lowest BCUT2D eigenvalue weighted by Gasteiger charge is -2.10. The van der Waals surface area contributed by atoms with E-state index in [4.69, 9.17) is 5.73 Å². The Morgan fingerprint density at radius 3 is 2.56 bits per heavy atom. The standard InChI is InChI=1S/C26H25FN8O/c1-16-9-23-20(7-8-29-24(23)28)10-21(16)11-30-26(36)25-32-17(2)35(33-25)14-19-5-3-18(4-6-19)13-34-15-22(27)12-31-34/h3-10,12,15H,11,13-14H2,1-2H3,(H2,28,29)(H,30,36). The van der Waals surface area contributed by atoms with E-state index in [1.807, 2.05) is 56.3 Å². The number of nitrogens with one attached hydrogen (secondary N) is 1. The molecule has 9 nitrogen and oxygen atoms in total. The van der Waals surface area contributed by atoms with Gasteiger partial charge >= 0.3 is 0 Å². The Labute approximate surface area is 206 Å². The van der Waals surface area contributed by atoms with Crippen molar-refractivity contribution in [3.63, 3.8) is 0 Å². The molecule has 1 amide bonds. The number of halogens is 1. The van der Waals surface area contributed by atoms with E-state index in [2.05, 4.69) is 25.5 Å². The Morgan fingerprint density at radius 1 is 1.08 bits per heavy atom. The fraction of sp³-hybridized carbons (Fsp3) is 0.192. The zero-order valence-corrected chi connectivity index (χ0v) is 19.9. The van der Waals surface area contributed by atoms with Gasteiger partial charge in [-0.3, -0.25) is 9.48 Å². The van der Waals surface area contributed by atoms with Crippen LogP contribution < -0.4 is 11.1 Å². The SMILES string of the molecule is Cc1cc2c(N)nccc2cc1CNC(=O)c1nc(C)n(Cc2ccc(Cn3cc(F)cn3)cc2)n1. The van der Waals surface area contributed by atoms with Gasteiger partial charge in [0.25, 0.3) is 5.91 Å². The maximum Gasteiger partial charge on any atom is 0.291 e. The zero-order valence-electron chi connectivity index (χ0n) is 19.9. The number of nitrogen functional groups attached to an aromatic ring is 1. The number of anilines is 1. The summed E-state index contributed by atoms with van der Waals surface area (Å²) in [7, 11) is 0. The molecule has 0 saturated heterocycles. The van der Waals surface area contributed by atoms with Crippen LogP contribution in [0.25, 0.3) is 10.8 Å². The molecule has 2 aromatic carbocycles. The summed E-state index contributed by atoms with van der Waals surface area (Å²) in [5.41, 5.74) is 9.97. The largest absolute Gasteiger partial charge is 0.383 e. The van der Waals surface area contributed by atoms with Gasteiger partial charge in [-0.1, -0.05) is 24.3 Å². The molecule has 0 saturated carbocycles. The van der Waals surface area contributed by atoms with E-state index in [1.54, 1.807) is 15.6 Å². The molecule has 36 heavy (non-hydrogen) atoms. The molecule has 0 aliphatic heterocycles. The molecule has 0 aliphatic carbocycles. The summed E-state index contributed by atoms with van der Waals surface area (Å²) in [6, 6.07) is 13.8. The lowest BCUT2D eigenvalue weighted by molar-refractivity contribution is 0.0940. The van der Waals surface area contributed by atoms with Crippen molar-refractivity contribution < 1.29 is 9.18 Å². The Hall–Kier alpha value is -4.60. The average molecular weight is 485 g/mol. The number of hydrogen-bond acceptors (Lipinski definition) is 6. The van der Waals surface area contributed by atoms with Crippen LogP contribution in [0.2, 0.25) is 0 Å². The van der Waals surface area contributed by atoms with Gasteiger partial charge in [-0.05, 0) is 59.7 Å². The number of hydrogen-bond donors (Lipinski definition) is 2. The smallest absolute Gasteiger partial charge is 0.291 e. The van der Waals surface area contributed by atoms with Crippen molar-refractivity contribution in [1.29, 1.82) is 0 Å². The molecule has 3 heterocycles. The first-order valence-electron chi connectivity index (χ1n) is 11.4. The number of carbonyl (C=O) groups excluding carboxylic acids is 1. The van der Waals surface area contributed by atoms with Gasteiger partial charge in [0.2, 0.25) is 5.82 Å². The number of nitrogens with two attached hydrogens (primary N) is 1. The first-order valence-corrected chi connectivity index (χ1v) is 11.4. The molecule has 5 aromatic rings. The normalized spacial score (nSPS) is 11.2. The van der Waals surface area contributed by atoms with E-state index in [0.717, 1.165) is 33.0 Å². The lowest BCUT2D eigenvalue weighted by atomic mass is 10.0. The van der Waals surface area contributed by atoms with Crippen LogP contribution in [0.5, 0.6) is 0 Å². The van der Waals surface area contributed by atoms with Crippen LogP contribution in [0, 0.1) is 19.7 Å². The summed E-state index contributed by atoms with van der Waals surface area (Å²) >= 11 is 0. The van der Waals surface area contributed by atoms with Crippen molar-refractivity contribution in [2.24, 2.45) is 0 Å². The molecule has 3 N–H and O–H groups in total. The Balaban J connectivity index is 1.23. The number of nitrogens with zero attached hydrogens (tertiary/aromatic N) is 6. The third-order valence-electron chi connectivity index (χ3n) is 6.05. The van der Waals surface area contributed by atoms with Crippen LogP contribution in [-0.2, 0) is 19.6 Å². The highest BCUT2D eigenvalue weighted by atomic mass is 19.1. The fourth-order valence-electron chi connectivity index (χ4n) is 4.04. The number of aryl methyl sites for hydroxylation is 2. The van der Waals surface area contributed by atoms with Crippen LogP contribution in [-0.4, -0.2) is 35.4 Å². The number of amides is 1. The van der Waals surface area contributed by atoms with Gasteiger partial charge < -0.3 is 11.1 Å². The molecule has 0 unspecified atom stereocenters. The average Bonchev–Trinajstić information content (AvgIpc) is 3.44. The van der Waals surface area contributed by atoms with E-state index in [0.29, 0.717) is 31.3 Å². The molecular formula is C26H25FN8O. The summed E-state index contributed by atoms with van der Waals surface area (Å²) in [6.45, 7) is 5.09. The molecule has 0 atom stereocenters. The van der Waals surface area contributed by atoms with Crippen molar-refractivity contribution in [3.05, 3.63) is 101 Å². The third kappa shape index (κ3) is 4.92. The Morgan fingerprint density at radius 2 is 1.83 bits per heavy atom. The minimum atomic E-state index is -0.358. The van der Waals surface area contributed by atoms with Crippen LogP contribution >= 0.6 is 0 Å². The first kappa shape index (κ1) is 23.2. The van der Waals surface area contributed by atoms with Crippen LogP contribution in [0.1, 0.15) is 38.7 Å². The summed E-state index contributed by atoms with van der Waals surface area (Å²) in [4.78, 5) is 21.2. The summed E-state index contributed by atoms with van der Waals surface area (Å²) < 4.78 is 16.4. The van der Waals surface area contributed by atoms with Gasteiger partial charge in [-0.15, -0.1) is 5.10 Å². The second kappa shape index (κ2) is 9.57. The number of fused-ring (bicyclic) bond motifs is 1. The quantitative estimate of drug-likeness (QED) is 0.366. The van der Waals surface area contributed by atoms with Gasteiger partial charge in [-0.2, -0.15) is 5.10 Å². The second-order valence-electron chi connectivity index (χ2n) is 8.69. The van der Waals surface area contributed by atoms with Gasteiger partial charge in [0, 0.05) is 18.1 Å². The predicted molar refractivity (Wildman–Crippen MR) is 134 cm³/mol. The minimum Gasteiger partial charge on any atom is -0.383 e. The van der Waals surface area contributed by atoms with E-state index < -0.39 is 0 Å². The molecular weight excluding hydrogens is 459 g/mol. The maximum absolute atomic E-state index is 13.1. The molecule has 10 heteroatoms. The molecule has 0 bridgehead atoms. The number of carbonyl (C=O) groups is 1. The first-order chi connectivity index (χ1) is 17.4. The molecule has 0 spiro atoms. The third-order valence-corrected chi connectivity index (χ3v) is 6.05. The molecule has 182 valence electrons. The number of rotatable bonds is 7. The number of benzene rings is 2. The molecule has 3 aromatic heterocycles. The van der Waals surface area contributed by atoms with E-state index in [-0.39, 0.29) is 17.5 Å². The van der Waals surface area contributed by atoms with E-state index in [1.165, 1.54) is 12.4 Å². The summed E-state index contributed by atoms with van der Waals surface area (Å²) in [6.07, 6.45) is 4.21. The molecule has 0 aliphatic rings. The predicted octanol–water partition coefficient (Wildman–Crippen LogP) is 3.39. The monoisotopic (exact) mass is 484 g/mol. The summed E-state index contributed by atoms with van der Waals surface area (Å²) in [5.74, 6) is 0.549. The maximum atomic E-state index is 13.1. The van der Waals surface area contributed by atoms with Gasteiger partial charge in [0.15, 0.2) is 5.82 Å². The Bertz CT molecular complexity index is 1550. The van der Waals surface area contributed by atoms with Crippen LogP contribution in [0.15, 0.2) is 61.1 Å². The number of aromatic nitrogens is 6. The molecule has 0 radical (unpaired) electrons. The summed E-state index contributed by atoms with van der Waals surface area (Å²) in [5, 5.41) is 13.1. The number of pyridine rings is 1. The van der Waals surface area contributed by atoms with Crippen molar-refractivity contribution >= 4 is 22.5 Å². The van der Waals surface area contributed by atoms with Crippen LogP contribution in [0.3, 0.4) is 0 Å². The fourth-order valence-corrected chi connectivity index (χ4v) is 4.04. The van der Waals surface area contributed by atoms with Crippen molar-refractivity contribution in [3.8, 4) is 0 Å². The Kier molecular flexibility index (Phi) is 6.16. The topological polar surface area (TPSA) is 117 Å². The van der Waals surface area contributed by atoms with Crippen molar-refractivity contribution in [2.45, 2.75) is 33.5 Å². The van der Waals surface area contributed by atoms with Crippen LogP contribution in [0.4, 0.5) is 10.2 Å². The van der Waals surface area contributed by atoms with Crippen molar-refractivity contribution in [2.75, 3.05) is 5.73 Å².